The number of nitrogen functional groups attached to an aromatic ring is 1. The van der Waals surface area contributed by atoms with Crippen molar-refractivity contribution >= 4 is 23.4 Å². The van der Waals surface area contributed by atoms with Crippen molar-refractivity contribution in [1.29, 1.82) is 0 Å². The molecule has 0 aliphatic carbocycles. The van der Waals surface area contributed by atoms with Crippen LogP contribution in [0.2, 0.25) is 0 Å². The third-order valence-corrected chi connectivity index (χ3v) is 4.10. The maximum atomic E-state index is 12.5. The summed E-state index contributed by atoms with van der Waals surface area (Å²) in [5, 5.41) is 2.58. The summed E-state index contributed by atoms with van der Waals surface area (Å²) < 4.78 is 12.1. The third-order valence-electron chi connectivity index (χ3n) is 4.10. The zero-order chi connectivity index (χ0) is 20.2. The van der Waals surface area contributed by atoms with Gasteiger partial charge in [0, 0.05) is 32.5 Å². The Morgan fingerprint density at radius 1 is 1.37 bits per heavy atom. The highest BCUT2D eigenvalue weighted by Gasteiger charge is 2.22. The van der Waals surface area contributed by atoms with Gasteiger partial charge in [0.25, 0.3) is 5.56 Å². The zero-order valence-corrected chi connectivity index (χ0v) is 16.3. The van der Waals surface area contributed by atoms with Crippen LogP contribution in [0.4, 0.5) is 16.2 Å². The molecule has 2 heterocycles. The van der Waals surface area contributed by atoms with Crippen molar-refractivity contribution in [2.24, 2.45) is 0 Å². The van der Waals surface area contributed by atoms with Gasteiger partial charge in [-0.05, 0) is 39.7 Å². The van der Waals surface area contributed by atoms with Crippen LogP contribution in [-0.4, -0.2) is 53.9 Å². The smallest absolute Gasteiger partial charge is 0.410 e. The maximum Gasteiger partial charge on any atom is 0.410 e. The van der Waals surface area contributed by atoms with Crippen LogP contribution in [0.25, 0.3) is 0 Å². The molecule has 1 saturated heterocycles. The molecule has 0 radical (unpaired) electrons. The van der Waals surface area contributed by atoms with E-state index in [1.165, 1.54) is 7.05 Å². The second-order valence-electron chi connectivity index (χ2n) is 7.58. The average Bonchev–Trinajstić information content (AvgIpc) is 2.58. The molecule has 0 bridgehead atoms. The van der Waals surface area contributed by atoms with E-state index >= 15 is 0 Å². The Hall–Kier alpha value is -2.55. The van der Waals surface area contributed by atoms with Gasteiger partial charge in [-0.2, -0.15) is 0 Å². The van der Waals surface area contributed by atoms with Crippen molar-refractivity contribution in [1.82, 2.24) is 9.47 Å². The number of likely N-dealkylation sites (N-methyl/N-ethyl adjacent to an activating group) is 1. The number of nitrogens with one attached hydrogen (secondary N) is 1. The number of hydrogen-bond acceptors (Lipinski definition) is 6. The minimum Gasteiger partial charge on any atom is -0.444 e. The summed E-state index contributed by atoms with van der Waals surface area (Å²) >= 11 is 0. The number of carbonyl (C=O) groups excluding carboxylic acids is 2. The van der Waals surface area contributed by atoms with Crippen LogP contribution in [0.1, 0.15) is 39.7 Å². The van der Waals surface area contributed by atoms with E-state index in [1.807, 2.05) is 0 Å². The number of anilines is 2. The molecule has 150 valence electrons. The van der Waals surface area contributed by atoms with Crippen LogP contribution in [0, 0.1) is 0 Å². The summed E-state index contributed by atoms with van der Waals surface area (Å²) in [5.41, 5.74) is 5.13. The summed E-state index contributed by atoms with van der Waals surface area (Å²) in [5.74, 6) is -0.474. The van der Waals surface area contributed by atoms with E-state index in [0.717, 1.165) is 17.7 Å². The van der Waals surface area contributed by atoms with Crippen LogP contribution in [0.3, 0.4) is 0 Å². The number of nitrogens with zero attached hydrogens (tertiary/aromatic N) is 2. The lowest BCUT2D eigenvalue weighted by Gasteiger charge is -2.25. The van der Waals surface area contributed by atoms with Crippen molar-refractivity contribution in [3.05, 3.63) is 22.6 Å². The molecular weight excluding hydrogens is 352 g/mol. The molecule has 0 saturated carbocycles. The molecule has 0 spiro atoms. The van der Waals surface area contributed by atoms with Gasteiger partial charge in [-0.1, -0.05) is 0 Å². The van der Waals surface area contributed by atoms with Gasteiger partial charge in [-0.3, -0.25) is 9.59 Å². The topological polar surface area (TPSA) is 116 Å². The van der Waals surface area contributed by atoms with Gasteiger partial charge in [-0.25, -0.2) is 4.79 Å². The molecule has 0 aromatic carbocycles. The number of hydrogen-bond donors (Lipinski definition) is 2. The highest BCUT2D eigenvalue weighted by Crippen LogP contribution is 2.21. The van der Waals surface area contributed by atoms with E-state index in [-0.39, 0.29) is 29.5 Å². The average molecular weight is 380 g/mol. The largest absolute Gasteiger partial charge is 0.444 e. The Kier molecular flexibility index (Phi) is 6.48. The number of ether oxygens (including phenoxy) is 2. The fraction of sp³-hybridized carbons (Fsp3) is 0.611. The molecule has 0 atom stereocenters. The Bertz CT molecular complexity index is 747. The monoisotopic (exact) mass is 380 g/mol. The number of pyridine rings is 1. The Labute approximate surface area is 158 Å². The Morgan fingerprint density at radius 2 is 2.00 bits per heavy atom. The number of aromatic nitrogens is 1. The van der Waals surface area contributed by atoms with Gasteiger partial charge >= 0.3 is 6.09 Å². The van der Waals surface area contributed by atoms with Crippen LogP contribution in [-0.2, 0) is 14.3 Å². The van der Waals surface area contributed by atoms with Gasteiger partial charge in [0.1, 0.15) is 17.8 Å². The molecule has 3 N–H and O–H groups in total. The summed E-state index contributed by atoms with van der Waals surface area (Å²) in [4.78, 5) is 37.8. The van der Waals surface area contributed by atoms with Gasteiger partial charge in [0.2, 0.25) is 5.91 Å². The normalized spacial score (nSPS) is 15.3. The number of amides is 2. The molecule has 1 aliphatic rings. The Morgan fingerprint density at radius 3 is 2.59 bits per heavy atom. The number of rotatable bonds is 4. The van der Waals surface area contributed by atoms with E-state index < -0.39 is 17.6 Å². The highest BCUT2D eigenvalue weighted by atomic mass is 16.6. The minimum absolute atomic E-state index is 0.0303. The fourth-order valence-electron chi connectivity index (χ4n) is 2.74. The lowest BCUT2D eigenvalue weighted by atomic mass is 10.1. The summed E-state index contributed by atoms with van der Waals surface area (Å²) in [6, 6.07) is 1.63. The van der Waals surface area contributed by atoms with Gasteiger partial charge in [0.05, 0.1) is 5.69 Å². The van der Waals surface area contributed by atoms with E-state index in [1.54, 1.807) is 37.6 Å². The summed E-state index contributed by atoms with van der Waals surface area (Å²) in [6.07, 6.45) is 2.50. The molecule has 1 aliphatic heterocycles. The van der Waals surface area contributed by atoms with E-state index in [2.05, 4.69) is 5.32 Å². The number of nitrogens with two attached hydrogens (primary N) is 1. The van der Waals surface area contributed by atoms with Crippen molar-refractivity contribution in [3.63, 3.8) is 0 Å². The first-order valence-corrected chi connectivity index (χ1v) is 8.91. The standard InChI is InChI=1S/C18H28N4O5/c1-18(2,3)27-17(25)21(4)11-14(23)20-13-5-8-22(16(24)15(13)19)12-6-9-26-10-7-12/h5,8,12H,6-7,9-11,19H2,1-4H3,(H,20,23). The first-order chi connectivity index (χ1) is 12.6. The predicted molar refractivity (Wildman–Crippen MR) is 102 cm³/mol. The summed E-state index contributed by atoms with van der Waals surface area (Å²) in [6.45, 7) is 6.21. The quantitative estimate of drug-likeness (QED) is 0.819. The van der Waals surface area contributed by atoms with Gasteiger partial charge in [0.15, 0.2) is 0 Å². The maximum absolute atomic E-state index is 12.5. The van der Waals surface area contributed by atoms with Crippen LogP contribution in [0.5, 0.6) is 0 Å². The van der Waals surface area contributed by atoms with Crippen molar-refractivity contribution in [3.8, 4) is 0 Å². The molecule has 1 aromatic rings. The Balaban J connectivity index is 2.02. The fourth-order valence-corrected chi connectivity index (χ4v) is 2.74. The van der Waals surface area contributed by atoms with Crippen molar-refractivity contribution in [2.75, 3.05) is 37.9 Å². The molecule has 27 heavy (non-hydrogen) atoms. The molecular formula is C18H28N4O5. The lowest BCUT2D eigenvalue weighted by Crippen LogP contribution is -2.39. The third kappa shape index (κ3) is 5.72. The van der Waals surface area contributed by atoms with Gasteiger partial charge < -0.3 is 30.0 Å². The zero-order valence-electron chi connectivity index (χ0n) is 16.3. The molecule has 0 unspecified atom stereocenters. The van der Waals surface area contributed by atoms with Crippen molar-refractivity contribution in [2.45, 2.75) is 45.3 Å². The van der Waals surface area contributed by atoms with Crippen LogP contribution >= 0.6 is 0 Å². The van der Waals surface area contributed by atoms with E-state index in [4.69, 9.17) is 15.2 Å². The molecule has 2 amide bonds. The second kappa shape index (κ2) is 8.43. The van der Waals surface area contributed by atoms with Crippen LogP contribution in [0.15, 0.2) is 17.1 Å². The molecule has 2 rings (SSSR count). The van der Waals surface area contributed by atoms with Crippen LogP contribution < -0.4 is 16.6 Å². The molecule has 9 heteroatoms. The highest BCUT2D eigenvalue weighted by molar-refractivity contribution is 5.96. The van der Waals surface area contributed by atoms with E-state index in [9.17, 15) is 14.4 Å². The minimum atomic E-state index is -0.652. The molecule has 9 nitrogen and oxygen atoms in total. The summed E-state index contributed by atoms with van der Waals surface area (Å²) in [7, 11) is 1.46. The second-order valence-corrected chi connectivity index (χ2v) is 7.58. The van der Waals surface area contributed by atoms with E-state index in [0.29, 0.717) is 13.2 Å². The number of carbonyl (C=O) groups is 2. The molecule has 1 fully saturated rings. The SMILES string of the molecule is CN(CC(=O)Nc1ccn(C2CCOCC2)c(=O)c1N)C(=O)OC(C)(C)C. The lowest BCUT2D eigenvalue weighted by molar-refractivity contribution is -0.117. The first kappa shape index (κ1) is 20.8. The van der Waals surface area contributed by atoms with Gasteiger partial charge in [-0.15, -0.1) is 0 Å². The first-order valence-electron chi connectivity index (χ1n) is 8.91. The van der Waals surface area contributed by atoms with Crippen molar-refractivity contribution < 1.29 is 19.1 Å². The predicted octanol–water partition coefficient (Wildman–Crippen LogP) is 1.59. The molecule has 1 aromatic heterocycles.